The summed E-state index contributed by atoms with van der Waals surface area (Å²) in [5, 5.41) is 9.96. The molecule has 1 nitrogen and oxygen atoms in total. The van der Waals surface area contributed by atoms with Crippen LogP contribution >= 0.6 is 0 Å². The van der Waals surface area contributed by atoms with Crippen molar-refractivity contribution in [3.05, 3.63) is 34.9 Å². The normalized spacial score (nSPS) is 13.0. The molecule has 0 atom stereocenters. The summed E-state index contributed by atoms with van der Waals surface area (Å²) in [4.78, 5) is 0. The van der Waals surface area contributed by atoms with E-state index in [-0.39, 0.29) is 5.41 Å². The zero-order valence-electron chi connectivity index (χ0n) is 10.7. The van der Waals surface area contributed by atoms with E-state index in [1.165, 1.54) is 5.56 Å². The van der Waals surface area contributed by atoms with E-state index < -0.39 is 5.60 Å². The summed E-state index contributed by atoms with van der Waals surface area (Å²) < 4.78 is 0. The number of aliphatic hydroxyl groups is 1. The molecule has 0 aliphatic rings. The van der Waals surface area contributed by atoms with Crippen LogP contribution in [0.1, 0.15) is 51.3 Å². The van der Waals surface area contributed by atoms with Crippen LogP contribution < -0.4 is 0 Å². The lowest BCUT2D eigenvalue weighted by molar-refractivity contribution is 0.0779. The summed E-state index contributed by atoms with van der Waals surface area (Å²) in [7, 11) is 0. The van der Waals surface area contributed by atoms with E-state index in [2.05, 4.69) is 39.8 Å². The molecular weight excluding hydrogens is 184 g/mol. The molecule has 15 heavy (non-hydrogen) atoms. The molecule has 0 spiro atoms. The third-order valence-corrected chi connectivity index (χ3v) is 2.75. The smallest absolute Gasteiger partial charge is 0.0843 e. The molecule has 0 radical (unpaired) electrons. The summed E-state index contributed by atoms with van der Waals surface area (Å²) in [6.07, 6.45) is 0. The number of aryl methyl sites for hydroxylation is 1. The van der Waals surface area contributed by atoms with E-state index in [9.17, 15) is 5.11 Å². The zero-order valence-corrected chi connectivity index (χ0v) is 10.7. The molecule has 1 aromatic carbocycles. The van der Waals surface area contributed by atoms with Crippen LogP contribution in [0.4, 0.5) is 0 Å². The molecule has 1 aromatic rings. The minimum Gasteiger partial charge on any atom is -0.386 e. The third-order valence-electron chi connectivity index (χ3n) is 2.75. The average Bonchev–Trinajstić information content (AvgIpc) is 1.99. The Morgan fingerprint density at radius 3 is 1.87 bits per heavy atom. The first kappa shape index (κ1) is 12.3. The molecule has 0 fully saturated rings. The van der Waals surface area contributed by atoms with Gasteiger partial charge >= 0.3 is 0 Å². The second kappa shape index (κ2) is 3.64. The maximum absolute atomic E-state index is 9.96. The van der Waals surface area contributed by atoms with Crippen LogP contribution in [0.2, 0.25) is 0 Å². The zero-order chi connectivity index (χ0) is 11.9. The SMILES string of the molecule is Cc1cc(C(C)(C)C)ccc1C(C)(C)O. The monoisotopic (exact) mass is 206 g/mol. The molecule has 0 bridgehead atoms. The summed E-state index contributed by atoms with van der Waals surface area (Å²) in [6.45, 7) is 12.3. The summed E-state index contributed by atoms with van der Waals surface area (Å²) in [5.41, 5.74) is 2.90. The average molecular weight is 206 g/mol. The van der Waals surface area contributed by atoms with Crippen LogP contribution in [-0.4, -0.2) is 5.11 Å². The van der Waals surface area contributed by atoms with Crippen molar-refractivity contribution in [2.45, 2.75) is 52.6 Å². The van der Waals surface area contributed by atoms with Crippen LogP contribution in [0, 0.1) is 6.92 Å². The molecule has 0 saturated heterocycles. The van der Waals surface area contributed by atoms with Gasteiger partial charge in [0.15, 0.2) is 0 Å². The summed E-state index contributed by atoms with van der Waals surface area (Å²) >= 11 is 0. The number of hydrogen-bond acceptors (Lipinski definition) is 1. The Morgan fingerprint density at radius 2 is 1.53 bits per heavy atom. The lowest BCUT2D eigenvalue weighted by atomic mass is 9.83. The molecule has 0 unspecified atom stereocenters. The van der Waals surface area contributed by atoms with Crippen molar-refractivity contribution in [1.82, 2.24) is 0 Å². The first-order chi connectivity index (χ1) is 6.62. The van der Waals surface area contributed by atoms with Crippen LogP contribution in [-0.2, 0) is 11.0 Å². The van der Waals surface area contributed by atoms with Crippen molar-refractivity contribution in [1.29, 1.82) is 0 Å². The van der Waals surface area contributed by atoms with Gasteiger partial charge in [-0.1, -0.05) is 39.0 Å². The van der Waals surface area contributed by atoms with E-state index in [1.54, 1.807) is 0 Å². The molecule has 1 rings (SSSR count). The Bertz CT molecular complexity index is 351. The molecule has 0 aromatic heterocycles. The molecule has 1 N–H and O–H groups in total. The fourth-order valence-electron chi connectivity index (χ4n) is 1.82. The van der Waals surface area contributed by atoms with Gasteiger partial charge in [-0.05, 0) is 42.9 Å². The van der Waals surface area contributed by atoms with Gasteiger partial charge in [0.1, 0.15) is 0 Å². The highest BCUT2D eigenvalue weighted by molar-refractivity contribution is 5.37. The minimum atomic E-state index is -0.750. The fourth-order valence-corrected chi connectivity index (χ4v) is 1.82. The predicted octanol–water partition coefficient (Wildman–Crippen LogP) is 3.52. The van der Waals surface area contributed by atoms with Crippen molar-refractivity contribution in [3.8, 4) is 0 Å². The van der Waals surface area contributed by atoms with E-state index >= 15 is 0 Å². The second-order valence-electron chi connectivity index (χ2n) is 5.84. The molecule has 0 amide bonds. The molecule has 1 heteroatoms. The van der Waals surface area contributed by atoms with Crippen molar-refractivity contribution in [3.63, 3.8) is 0 Å². The highest BCUT2D eigenvalue weighted by Crippen LogP contribution is 2.28. The van der Waals surface area contributed by atoms with E-state index in [1.807, 2.05) is 19.9 Å². The van der Waals surface area contributed by atoms with Crippen molar-refractivity contribution in [2.75, 3.05) is 0 Å². The van der Waals surface area contributed by atoms with Gasteiger partial charge in [-0.2, -0.15) is 0 Å². The molecule has 0 saturated carbocycles. The highest BCUT2D eigenvalue weighted by atomic mass is 16.3. The fraction of sp³-hybridized carbons (Fsp3) is 0.571. The summed E-state index contributed by atoms with van der Waals surface area (Å²) in [6, 6.07) is 6.32. The van der Waals surface area contributed by atoms with E-state index in [0.717, 1.165) is 11.1 Å². The van der Waals surface area contributed by atoms with Crippen LogP contribution in [0.15, 0.2) is 18.2 Å². The van der Waals surface area contributed by atoms with Gasteiger partial charge in [-0.15, -0.1) is 0 Å². The van der Waals surface area contributed by atoms with Crippen LogP contribution in [0.5, 0.6) is 0 Å². The quantitative estimate of drug-likeness (QED) is 0.745. The first-order valence-corrected chi connectivity index (χ1v) is 5.46. The lowest BCUT2D eigenvalue weighted by Gasteiger charge is -2.24. The largest absolute Gasteiger partial charge is 0.386 e. The molecule has 0 heterocycles. The Kier molecular flexibility index (Phi) is 2.97. The van der Waals surface area contributed by atoms with Gasteiger partial charge < -0.3 is 5.11 Å². The third kappa shape index (κ3) is 2.82. The first-order valence-electron chi connectivity index (χ1n) is 5.46. The van der Waals surface area contributed by atoms with Gasteiger partial charge in [0.05, 0.1) is 5.60 Å². The van der Waals surface area contributed by atoms with Gasteiger partial charge in [-0.25, -0.2) is 0 Å². The van der Waals surface area contributed by atoms with Gasteiger partial charge in [-0.3, -0.25) is 0 Å². The number of benzene rings is 1. The molecule has 84 valence electrons. The van der Waals surface area contributed by atoms with Crippen molar-refractivity contribution < 1.29 is 5.11 Å². The second-order valence-corrected chi connectivity index (χ2v) is 5.84. The minimum absolute atomic E-state index is 0.170. The Morgan fingerprint density at radius 1 is 1.00 bits per heavy atom. The van der Waals surface area contributed by atoms with Gasteiger partial charge in [0.2, 0.25) is 0 Å². The molecule has 0 aliphatic heterocycles. The lowest BCUT2D eigenvalue weighted by Crippen LogP contribution is -2.18. The number of rotatable bonds is 1. The van der Waals surface area contributed by atoms with E-state index in [0.29, 0.717) is 0 Å². The topological polar surface area (TPSA) is 20.2 Å². The standard InChI is InChI=1S/C14H22O/c1-10-9-11(13(2,3)4)7-8-12(10)14(5,6)15/h7-9,15H,1-6H3. The summed E-state index contributed by atoms with van der Waals surface area (Å²) in [5.74, 6) is 0. The van der Waals surface area contributed by atoms with Gasteiger partial charge in [0, 0.05) is 0 Å². The maximum atomic E-state index is 9.96. The number of hydrogen-bond donors (Lipinski definition) is 1. The Hall–Kier alpha value is -0.820. The Labute approximate surface area is 93.1 Å². The van der Waals surface area contributed by atoms with Crippen LogP contribution in [0.25, 0.3) is 0 Å². The van der Waals surface area contributed by atoms with E-state index in [4.69, 9.17) is 0 Å². The van der Waals surface area contributed by atoms with Crippen LogP contribution in [0.3, 0.4) is 0 Å². The van der Waals surface area contributed by atoms with Gasteiger partial charge in [0.25, 0.3) is 0 Å². The van der Waals surface area contributed by atoms with Crippen molar-refractivity contribution in [2.24, 2.45) is 0 Å². The predicted molar refractivity (Wildman–Crippen MR) is 65.1 cm³/mol. The molecule has 0 aliphatic carbocycles. The molecular formula is C14H22O. The van der Waals surface area contributed by atoms with Crippen molar-refractivity contribution >= 4 is 0 Å². The Balaban J connectivity index is 3.21. The highest BCUT2D eigenvalue weighted by Gasteiger charge is 2.20. The maximum Gasteiger partial charge on any atom is 0.0843 e.